The van der Waals surface area contributed by atoms with Gasteiger partial charge in [0.2, 0.25) is 11.8 Å². The van der Waals surface area contributed by atoms with E-state index >= 15 is 0 Å². The highest BCUT2D eigenvalue weighted by Crippen LogP contribution is 2.30. The van der Waals surface area contributed by atoms with Crippen molar-refractivity contribution in [3.8, 4) is 5.75 Å². The lowest BCUT2D eigenvalue weighted by Gasteiger charge is -2.36. The summed E-state index contributed by atoms with van der Waals surface area (Å²) in [4.78, 5) is 31.3. The molecular weight excluding hydrogens is 414 g/mol. The highest BCUT2D eigenvalue weighted by molar-refractivity contribution is 6.06. The number of amides is 2. The molecule has 2 aliphatic heterocycles. The van der Waals surface area contributed by atoms with Gasteiger partial charge in [-0.15, -0.1) is 12.4 Å². The number of nitrogens with zero attached hydrogens (tertiary/aromatic N) is 3. The van der Waals surface area contributed by atoms with Crippen molar-refractivity contribution in [3.05, 3.63) is 60.2 Å². The topological polar surface area (TPSA) is 53.1 Å². The lowest BCUT2D eigenvalue weighted by atomic mass is 9.98. The molecule has 2 amide bonds. The smallest absolute Gasteiger partial charge is 0.237 e. The van der Waals surface area contributed by atoms with Crippen LogP contribution in [0.2, 0.25) is 0 Å². The Morgan fingerprint density at radius 2 is 1.58 bits per heavy atom. The van der Waals surface area contributed by atoms with Gasteiger partial charge in [0.05, 0.1) is 18.7 Å². The molecule has 0 saturated carbocycles. The van der Waals surface area contributed by atoms with E-state index in [4.69, 9.17) is 4.74 Å². The van der Waals surface area contributed by atoms with Crippen LogP contribution in [-0.2, 0) is 9.59 Å². The number of benzene rings is 2. The molecule has 2 aromatic carbocycles. The van der Waals surface area contributed by atoms with E-state index in [1.54, 1.807) is 7.11 Å². The molecule has 1 atom stereocenters. The fourth-order valence-corrected chi connectivity index (χ4v) is 4.42. The number of imide groups is 1. The van der Waals surface area contributed by atoms with E-state index in [-0.39, 0.29) is 30.1 Å². The van der Waals surface area contributed by atoms with E-state index in [1.165, 1.54) is 4.90 Å². The van der Waals surface area contributed by atoms with Crippen molar-refractivity contribution < 1.29 is 14.3 Å². The van der Waals surface area contributed by atoms with E-state index in [0.29, 0.717) is 13.0 Å². The van der Waals surface area contributed by atoms with Gasteiger partial charge in [-0.1, -0.05) is 42.5 Å². The minimum absolute atomic E-state index is 0. The highest BCUT2D eigenvalue weighted by atomic mass is 35.5. The maximum atomic E-state index is 12.7. The standard InChI is InChI=1S/C24H29N3O3.ClH/c1-30-22-11-6-5-10-21(22)26-16-14-25(15-17-26)12-7-13-27-23(28)18-20(24(27)29)19-8-3-2-4-9-19;/h2-6,8-11,20H,7,12-18H2,1H3;1H. The number of halogens is 1. The largest absolute Gasteiger partial charge is 0.495 e. The molecule has 0 bridgehead atoms. The fourth-order valence-electron chi connectivity index (χ4n) is 4.42. The first-order valence-corrected chi connectivity index (χ1v) is 10.7. The number of carbonyl (C=O) groups excluding carboxylic acids is 2. The van der Waals surface area contributed by atoms with Crippen molar-refractivity contribution in [1.29, 1.82) is 0 Å². The first-order chi connectivity index (χ1) is 14.7. The van der Waals surface area contributed by atoms with Crippen molar-refractivity contribution in [2.24, 2.45) is 0 Å². The molecule has 31 heavy (non-hydrogen) atoms. The van der Waals surface area contributed by atoms with Crippen LogP contribution < -0.4 is 9.64 Å². The number of hydrogen-bond donors (Lipinski definition) is 0. The van der Waals surface area contributed by atoms with E-state index < -0.39 is 0 Å². The Morgan fingerprint density at radius 1 is 0.903 bits per heavy atom. The van der Waals surface area contributed by atoms with Crippen molar-refractivity contribution in [2.75, 3.05) is 51.3 Å². The summed E-state index contributed by atoms with van der Waals surface area (Å²) < 4.78 is 5.48. The second-order valence-electron chi connectivity index (χ2n) is 7.91. The molecule has 6 nitrogen and oxygen atoms in total. The van der Waals surface area contributed by atoms with Crippen LogP contribution in [0.4, 0.5) is 5.69 Å². The first-order valence-electron chi connectivity index (χ1n) is 10.7. The summed E-state index contributed by atoms with van der Waals surface area (Å²) in [5, 5.41) is 0. The Balaban J connectivity index is 0.00000272. The minimum Gasteiger partial charge on any atom is -0.495 e. The van der Waals surface area contributed by atoms with E-state index in [9.17, 15) is 9.59 Å². The third-order valence-electron chi connectivity index (χ3n) is 6.10. The Labute approximate surface area is 190 Å². The highest BCUT2D eigenvalue weighted by Gasteiger charge is 2.38. The molecule has 0 spiro atoms. The quantitative estimate of drug-likeness (QED) is 0.615. The van der Waals surface area contributed by atoms with Crippen LogP contribution in [0.1, 0.15) is 24.3 Å². The Bertz CT molecular complexity index is 885. The van der Waals surface area contributed by atoms with Crippen LogP contribution in [0.25, 0.3) is 0 Å². The SMILES string of the molecule is COc1ccccc1N1CCN(CCCN2C(=O)CC(c3ccccc3)C2=O)CC1.Cl. The predicted octanol–water partition coefficient (Wildman–Crippen LogP) is 3.17. The monoisotopic (exact) mass is 443 g/mol. The summed E-state index contributed by atoms with van der Waals surface area (Å²) in [6.45, 7) is 5.22. The molecular formula is C24H30ClN3O3. The van der Waals surface area contributed by atoms with E-state index in [0.717, 1.165) is 56.1 Å². The van der Waals surface area contributed by atoms with Gasteiger partial charge in [0.15, 0.2) is 0 Å². The second kappa shape index (κ2) is 10.6. The third kappa shape index (κ3) is 5.20. The Kier molecular flexibility index (Phi) is 7.93. The zero-order chi connectivity index (χ0) is 20.9. The number of hydrogen-bond acceptors (Lipinski definition) is 5. The van der Waals surface area contributed by atoms with Crippen LogP contribution >= 0.6 is 12.4 Å². The van der Waals surface area contributed by atoms with Gasteiger partial charge in [0.1, 0.15) is 5.75 Å². The van der Waals surface area contributed by atoms with Gasteiger partial charge in [0.25, 0.3) is 0 Å². The van der Waals surface area contributed by atoms with Crippen LogP contribution in [0.5, 0.6) is 5.75 Å². The van der Waals surface area contributed by atoms with Crippen LogP contribution in [0, 0.1) is 0 Å². The third-order valence-corrected chi connectivity index (χ3v) is 6.10. The number of para-hydroxylation sites is 2. The number of anilines is 1. The average Bonchev–Trinajstić information content (AvgIpc) is 3.08. The van der Waals surface area contributed by atoms with E-state index in [2.05, 4.69) is 15.9 Å². The van der Waals surface area contributed by atoms with Crippen LogP contribution in [-0.4, -0.2) is 68.0 Å². The molecule has 0 radical (unpaired) electrons. The molecule has 1 unspecified atom stereocenters. The zero-order valence-electron chi connectivity index (χ0n) is 17.9. The van der Waals surface area contributed by atoms with Crippen molar-refractivity contribution in [1.82, 2.24) is 9.80 Å². The zero-order valence-corrected chi connectivity index (χ0v) is 18.7. The lowest BCUT2D eigenvalue weighted by molar-refractivity contribution is -0.138. The van der Waals surface area contributed by atoms with Crippen molar-refractivity contribution in [2.45, 2.75) is 18.8 Å². The molecule has 0 aromatic heterocycles. The van der Waals surface area contributed by atoms with Crippen molar-refractivity contribution in [3.63, 3.8) is 0 Å². The molecule has 2 fully saturated rings. The molecule has 4 rings (SSSR count). The number of piperazine rings is 1. The molecule has 2 aromatic rings. The average molecular weight is 444 g/mol. The number of likely N-dealkylation sites (tertiary alicyclic amines) is 1. The maximum absolute atomic E-state index is 12.7. The lowest BCUT2D eigenvalue weighted by Crippen LogP contribution is -2.47. The summed E-state index contributed by atoms with van der Waals surface area (Å²) in [7, 11) is 1.71. The van der Waals surface area contributed by atoms with Gasteiger partial charge in [-0.2, -0.15) is 0 Å². The number of ether oxygens (including phenoxy) is 1. The molecule has 166 valence electrons. The van der Waals surface area contributed by atoms with Gasteiger partial charge in [-0.05, 0) is 30.7 Å². The van der Waals surface area contributed by atoms with E-state index in [1.807, 2.05) is 48.5 Å². The summed E-state index contributed by atoms with van der Waals surface area (Å²) >= 11 is 0. The van der Waals surface area contributed by atoms with Gasteiger partial charge in [-0.25, -0.2) is 0 Å². The Morgan fingerprint density at radius 3 is 2.29 bits per heavy atom. The van der Waals surface area contributed by atoms with Crippen LogP contribution in [0.15, 0.2) is 54.6 Å². The van der Waals surface area contributed by atoms with Crippen LogP contribution in [0.3, 0.4) is 0 Å². The maximum Gasteiger partial charge on any atom is 0.237 e. The molecule has 0 aliphatic carbocycles. The predicted molar refractivity (Wildman–Crippen MR) is 124 cm³/mol. The fraction of sp³-hybridized carbons (Fsp3) is 0.417. The number of carbonyl (C=O) groups is 2. The second-order valence-corrected chi connectivity index (χ2v) is 7.91. The molecule has 2 heterocycles. The molecule has 2 saturated heterocycles. The molecule has 7 heteroatoms. The number of rotatable bonds is 7. The summed E-state index contributed by atoms with van der Waals surface area (Å²) in [6, 6.07) is 17.7. The van der Waals surface area contributed by atoms with Crippen molar-refractivity contribution >= 4 is 29.9 Å². The minimum atomic E-state index is -0.317. The molecule has 0 N–H and O–H groups in total. The van der Waals surface area contributed by atoms with Gasteiger partial charge >= 0.3 is 0 Å². The summed E-state index contributed by atoms with van der Waals surface area (Å²) in [5.74, 6) is 0.495. The number of methoxy groups -OCH3 is 1. The van der Waals surface area contributed by atoms with Gasteiger partial charge in [0, 0.05) is 39.1 Å². The van der Waals surface area contributed by atoms with Gasteiger partial charge < -0.3 is 9.64 Å². The first kappa shape index (κ1) is 23.1. The van der Waals surface area contributed by atoms with Gasteiger partial charge in [-0.3, -0.25) is 19.4 Å². The normalized spacial score (nSPS) is 19.5. The summed E-state index contributed by atoms with van der Waals surface area (Å²) in [6.07, 6.45) is 1.11. The summed E-state index contributed by atoms with van der Waals surface area (Å²) in [5.41, 5.74) is 2.07. The Hall–Kier alpha value is -2.57. The molecule has 2 aliphatic rings.